The molecule has 5 amide bonds. The van der Waals surface area contributed by atoms with Crippen molar-refractivity contribution in [2.24, 2.45) is 5.92 Å². The summed E-state index contributed by atoms with van der Waals surface area (Å²) in [6, 6.07) is 18.5. The molecule has 0 aliphatic carbocycles. The number of nitrogens with zero attached hydrogens (tertiary/aromatic N) is 4. The Morgan fingerprint density at radius 2 is 1.47 bits per heavy atom. The number of fused-ring (bicyclic) bond motifs is 3. The number of aliphatic carboxylic acids is 2. The summed E-state index contributed by atoms with van der Waals surface area (Å²) in [5, 5.41) is 33.3. The zero-order valence-corrected chi connectivity index (χ0v) is 45.0. The van der Waals surface area contributed by atoms with E-state index < -0.39 is 53.1 Å². The number of hydrogen-bond donors (Lipinski definition) is 9. The van der Waals surface area contributed by atoms with Gasteiger partial charge < -0.3 is 47.4 Å². The molecule has 25 heteroatoms. The highest BCUT2D eigenvalue weighted by atomic mass is 33.1. The largest absolute Gasteiger partial charge is 0.480 e. The number of carbonyl (C=O) groups excluding carboxylic acids is 6. The molecule has 410 valence electrons. The number of nitrogen functional groups attached to an aromatic ring is 1. The number of nitrogens with two attached hydrogens (primary N) is 1. The lowest BCUT2D eigenvalue weighted by atomic mass is 9.93. The van der Waals surface area contributed by atoms with Crippen LogP contribution in [0, 0.1) is 17.8 Å². The Kier molecular flexibility index (Phi) is 22.9. The van der Waals surface area contributed by atoms with Crippen LogP contribution in [0.1, 0.15) is 84.1 Å². The fraction of sp³-hybridized carbons (Fsp3) is 0.358. The number of para-hydroxylation sites is 1. The van der Waals surface area contributed by atoms with Crippen molar-refractivity contribution in [3.63, 3.8) is 0 Å². The lowest BCUT2D eigenvalue weighted by Crippen LogP contribution is -2.45. The van der Waals surface area contributed by atoms with Crippen molar-refractivity contribution in [2.75, 3.05) is 52.6 Å². The summed E-state index contributed by atoms with van der Waals surface area (Å²) in [7, 11) is 2.94. The van der Waals surface area contributed by atoms with Crippen molar-refractivity contribution in [3.8, 4) is 11.8 Å². The van der Waals surface area contributed by atoms with Crippen LogP contribution in [0.2, 0.25) is 0 Å². The molecular formula is C53H59N11O11S3. The molecule has 0 saturated heterocycles. The lowest BCUT2D eigenvalue weighted by molar-refractivity contribution is -0.142. The fourth-order valence-electron chi connectivity index (χ4n) is 7.93. The van der Waals surface area contributed by atoms with Crippen molar-refractivity contribution in [1.29, 1.82) is 0 Å². The molecule has 0 radical (unpaired) electrons. The minimum absolute atomic E-state index is 0.0147. The molecule has 22 nitrogen and oxygen atoms in total. The minimum atomic E-state index is -1.46. The smallest absolute Gasteiger partial charge is 0.327 e. The quantitative estimate of drug-likeness (QED) is 0.0179. The molecule has 0 bridgehead atoms. The van der Waals surface area contributed by atoms with Gasteiger partial charge in [-0.05, 0) is 73.5 Å². The highest BCUT2D eigenvalue weighted by molar-refractivity contribution is 8.76. The Morgan fingerprint density at radius 3 is 2.23 bits per heavy atom. The molecule has 10 N–H and O–H groups in total. The summed E-state index contributed by atoms with van der Waals surface area (Å²) < 4.78 is 0. The zero-order valence-electron chi connectivity index (χ0n) is 42.5. The van der Waals surface area contributed by atoms with E-state index >= 15 is 0 Å². The van der Waals surface area contributed by atoms with E-state index in [1.807, 2.05) is 48.5 Å². The van der Waals surface area contributed by atoms with Crippen molar-refractivity contribution < 1.29 is 48.6 Å². The van der Waals surface area contributed by atoms with Crippen LogP contribution in [0.3, 0.4) is 0 Å². The van der Waals surface area contributed by atoms with Gasteiger partial charge in [0.05, 0.1) is 30.7 Å². The third-order valence-corrected chi connectivity index (χ3v) is 15.1. The van der Waals surface area contributed by atoms with Gasteiger partial charge in [-0.25, -0.2) is 19.6 Å². The third kappa shape index (κ3) is 18.4. The number of carboxylic acids is 2. The fourth-order valence-corrected chi connectivity index (χ4v) is 10.4. The number of hydrogen-bond acceptors (Lipinski definition) is 17. The van der Waals surface area contributed by atoms with Crippen LogP contribution in [0.5, 0.6) is 0 Å². The topological polar surface area (TPSA) is 338 Å². The van der Waals surface area contributed by atoms with Crippen LogP contribution in [0.25, 0.3) is 11.2 Å². The number of carboxylic acid groups (broad SMARTS) is 2. The average Bonchev–Trinajstić information content (AvgIpc) is 3.44. The van der Waals surface area contributed by atoms with E-state index in [1.54, 1.807) is 23.3 Å². The maximum Gasteiger partial charge on any atom is 0.327 e. The standard InChI is InChI=1S/C53H59N11O11S3/c1-76-31-41(52(74)75)61-49(70)35(27-39(65)18-19-40(51(72)73)60-48(69)34-14-16-37(17-15-34)57-28-38-29-58-47-46(59-38)50(71)63-53(54)62-47)10-6-23-55-44(67)22-25-77-78-26-24-56-43(66)20-21-45(68)64-30-36-9-3-2-7-32(36)12-13-33-8-4-5-11-42(33)64/h2-5,7-9,11,14-17,29,35,40-41,57H,6,10,18-28,30-31H2,1H3,(H,55,67)(H,56,66)(H,60,69)(H,61,70)(H,72,73)(H,74,75)(H3,54,58,62,63,71)/t35?,40-,41-/m0/s1. The number of aromatic nitrogens is 4. The van der Waals surface area contributed by atoms with Gasteiger partial charge in [0.15, 0.2) is 11.2 Å². The second-order valence-corrected chi connectivity index (χ2v) is 21.4. The van der Waals surface area contributed by atoms with Gasteiger partial charge in [-0.3, -0.25) is 38.5 Å². The predicted molar refractivity (Wildman–Crippen MR) is 299 cm³/mol. The molecule has 3 aromatic carbocycles. The number of H-pyrrole nitrogens is 1. The number of ketones is 1. The molecule has 1 aliphatic heterocycles. The van der Waals surface area contributed by atoms with Gasteiger partial charge in [-0.1, -0.05) is 63.8 Å². The van der Waals surface area contributed by atoms with Gasteiger partial charge in [0, 0.05) is 90.7 Å². The Bertz CT molecular complexity index is 3110. The van der Waals surface area contributed by atoms with Gasteiger partial charge in [-0.15, -0.1) is 0 Å². The van der Waals surface area contributed by atoms with E-state index in [9.17, 15) is 53.4 Å². The molecule has 0 saturated carbocycles. The van der Waals surface area contributed by atoms with Crippen LogP contribution in [-0.2, 0) is 46.7 Å². The molecule has 0 spiro atoms. The molecule has 2 aromatic heterocycles. The van der Waals surface area contributed by atoms with E-state index in [-0.39, 0.29) is 111 Å². The summed E-state index contributed by atoms with van der Waals surface area (Å²) >= 11 is 1.21. The Labute approximate surface area is 460 Å². The number of aromatic amines is 1. The Hall–Kier alpha value is -7.95. The van der Waals surface area contributed by atoms with E-state index in [2.05, 4.69) is 58.4 Å². The monoisotopic (exact) mass is 1120 g/mol. The van der Waals surface area contributed by atoms with E-state index in [1.165, 1.54) is 51.7 Å². The van der Waals surface area contributed by atoms with Crippen LogP contribution < -0.4 is 42.8 Å². The molecule has 1 aliphatic rings. The van der Waals surface area contributed by atoms with Gasteiger partial charge >= 0.3 is 11.9 Å². The number of rotatable bonds is 30. The highest BCUT2D eigenvalue weighted by Crippen LogP contribution is 2.27. The van der Waals surface area contributed by atoms with E-state index in [0.717, 1.165) is 16.7 Å². The first-order valence-electron chi connectivity index (χ1n) is 24.8. The predicted octanol–water partition coefficient (Wildman–Crippen LogP) is 3.89. The van der Waals surface area contributed by atoms with Gasteiger partial charge in [0.25, 0.3) is 11.5 Å². The second kappa shape index (κ2) is 30.1. The van der Waals surface area contributed by atoms with Crippen LogP contribution in [0.4, 0.5) is 17.3 Å². The Morgan fingerprint density at radius 1 is 0.782 bits per heavy atom. The number of anilines is 3. The maximum absolute atomic E-state index is 13.5. The van der Waals surface area contributed by atoms with Crippen LogP contribution in [0.15, 0.2) is 83.8 Å². The van der Waals surface area contributed by atoms with Gasteiger partial charge in [0.2, 0.25) is 29.6 Å². The zero-order chi connectivity index (χ0) is 56.0. The molecule has 5 aromatic rings. The van der Waals surface area contributed by atoms with Gasteiger partial charge in [0.1, 0.15) is 17.9 Å². The first kappa shape index (κ1) is 59.3. The highest BCUT2D eigenvalue weighted by Gasteiger charge is 2.29. The molecule has 0 fully saturated rings. The van der Waals surface area contributed by atoms with Crippen molar-refractivity contribution in [1.82, 2.24) is 41.2 Å². The summed E-state index contributed by atoms with van der Waals surface area (Å²) in [6.45, 7) is 1.04. The number of Topliss-reactive ketones (excluding diaryl/α,β-unsaturated/α-hetero) is 1. The van der Waals surface area contributed by atoms with Crippen LogP contribution >= 0.6 is 33.3 Å². The summed E-state index contributed by atoms with van der Waals surface area (Å²) in [5.74, 6) is 1.23. The molecule has 3 heterocycles. The number of amides is 5. The molecular weight excluding hydrogens is 1060 g/mol. The minimum Gasteiger partial charge on any atom is -0.480 e. The maximum atomic E-state index is 13.5. The van der Waals surface area contributed by atoms with Gasteiger partial charge in [-0.2, -0.15) is 16.7 Å². The molecule has 1 unspecified atom stereocenters. The number of nitrogens with one attached hydrogen (secondary N) is 6. The van der Waals surface area contributed by atoms with Crippen molar-refractivity contribution in [3.05, 3.63) is 117 Å². The van der Waals surface area contributed by atoms with Crippen molar-refractivity contribution in [2.45, 2.75) is 76.5 Å². The van der Waals surface area contributed by atoms with E-state index in [0.29, 0.717) is 41.7 Å². The van der Waals surface area contributed by atoms with E-state index in [4.69, 9.17) is 5.73 Å². The summed E-state index contributed by atoms with van der Waals surface area (Å²) in [4.78, 5) is 131. The molecule has 78 heavy (non-hydrogen) atoms. The SMILES string of the molecule is CSC[C@H](NC(=O)C(CCCNC(=O)CCSSCCNC(=O)CCC(=O)N1Cc2ccccc2C#Cc2ccccc21)CC(=O)CC[C@H](NC(=O)c1ccc(NCc2cnc3nc(N)[nH]c(=O)c3n2)cc1)C(=O)O)C(=O)O. The molecule has 6 rings (SSSR count). The Balaban J connectivity index is 0.879. The first-order chi connectivity index (χ1) is 37.6. The summed E-state index contributed by atoms with van der Waals surface area (Å²) in [6.07, 6.45) is 2.78. The lowest BCUT2D eigenvalue weighted by Gasteiger charge is -2.26. The third-order valence-electron chi connectivity index (χ3n) is 12.0. The number of thioether (sulfide) groups is 1. The second-order valence-electron chi connectivity index (χ2n) is 17.8. The number of carbonyl (C=O) groups is 8. The van der Waals surface area contributed by atoms with Crippen molar-refractivity contribution >= 4 is 109 Å². The molecule has 3 atom stereocenters. The van der Waals surface area contributed by atoms with Crippen LogP contribution in [-0.4, -0.2) is 126 Å². The first-order valence-corrected chi connectivity index (χ1v) is 28.7. The summed E-state index contributed by atoms with van der Waals surface area (Å²) in [5.41, 5.74) is 9.47. The number of benzene rings is 3. The normalized spacial score (nSPS) is 12.7. The average molecular weight is 1120 g/mol.